The molecule has 10 heteroatoms. The van der Waals surface area contributed by atoms with Crippen molar-refractivity contribution in [3.8, 4) is 6.07 Å². The summed E-state index contributed by atoms with van der Waals surface area (Å²) in [7, 11) is 0. The SMILES string of the molecule is Cc1cc(Nc2nc(C(=O)NC3CCN(C(C)C)CC3)cs2)nc(C2CCCN(CC#N)C2)n1. The second kappa shape index (κ2) is 11.2. The first-order chi connectivity index (χ1) is 16.4. The summed E-state index contributed by atoms with van der Waals surface area (Å²) in [6.45, 7) is 10.6. The van der Waals surface area contributed by atoms with Crippen LogP contribution in [0.2, 0.25) is 0 Å². The van der Waals surface area contributed by atoms with Crippen LogP contribution in [-0.4, -0.2) is 75.5 Å². The van der Waals surface area contributed by atoms with Crippen LogP contribution in [0.15, 0.2) is 11.4 Å². The molecule has 0 aliphatic carbocycles. The number of carbonyl (C=O) groups excluding carboxylic acids is 1. The molecule has 1 atom stereocenters. The van der Waals surface area contributed by atoms with Crippen LogP contribution in [0.25, 0.3) is 0 Å². The quantitative estimate of drug-likeness (QED) is 0.579. The van der Waals surface area contributed by atoms with E-state index in [4.69, 9.17) is 10.2 Å². The van der Waals surface area contributed by atoms with Gasteiger partial charge in [-0.1, -0.05) is 0 Å². The van der Waals surface area contributed by atoms with Crippen molar-refractivity contribution in [2.24, 2.45) is 0 Å². The first-order valence-electron chi connectivity index (χ1n) is 12.1. The Hall–Kier alpha value is -2.61. The van der Waals surface area contributed by atoms with Crippen molar-refractivity contribution < 1.29 is 4.79 Å². The van der Waals surface area contributed by atoms with Gasteiger partial charge in [0.1, 0.15) is 17.3 Å². The number of aromatic nitrogens is 3. The fourth-order valence-corrected chi connectivity index (χ4v) is 5.41. The van der Waals surface area contributed by atoms with Crippen molar-refractivity contribution in [3.63, 3.8) is 0 Å². The summed E-state index contributed by atoms with van der Waals surface area (Å²) in [5.74, 6) is 1.57. The third-order valence-corrected chi connectivity index (χ3v) is 7.36. The average molecular weight is 483 g/mol. The van der Waals surface area contributed by atoms with E-state index in [1.807, 2.05) is 13.0 Å². The lowest BCUT2D eigenvalue weighted by Crippen LogP contribution is -2.46. The first-order valence-corrected chi connectivity index (χ1v) is 13.0. The van der Waals surface area contributed by atoms with Crippen LogP contribution in [0.4, 0.5) is 10.9 Å². The van der Waals surface area contributed by atoms with Crippen molar-refractivity contribution in [2.75, 3.05) is 38.0 Å². The smallest absolute Gasteiger partial charge is 0.271 e. The van der Waals surface area contributed by atoms with Gasteiger partial charge >= 0.3 is 0 Å². The zero-order valence-electron chi connectivity index (χ0n) is 20.3. The molecule has 2 N–H and O–H groups in total. The van der Waals surface area contributed by atoms with E-state index < -0.39 is 0 Å². The molecule has 2 aromatic heterocycles. The normalized spacial score (nSPS) is 20.3. The molecule has 2 aromatic rings. The third kappa shape index (κ3) is 6.29. The number of likely N-dealkylation sites (tertiary alicyclic amines) is 2. The van der Waals surface area contributed by atoms with Gasteiger partial charge in [0, 0.05) is 54.8 Å². The molecule has 4 heterocycles. The maximum absolute atomic E-state index is 12.7. The van der Waals surface area contributed by atoms with Crippen LogP contribution in [0.1, 0.15) is 67.5 Å². The Bertz CT molecular complexity index is 1020. The summed E-state index contributed by atoms with van der Waals surface area (Å²) in [5, 5.41) is 17.9. The molecule has 182 valence electrons. The Morgan fingerprint density at radius 3 is 2.76 bits per heavy atom. The number of amides is 1. The number of hydrogen-bond donors (Lipinski definition) is 2. The van der Waals surface area contributed by atoms with Crippen molar-refractivity contribution in [1.29, 1.82) is 5.26 Å². The van der Waals surface area contributed by atoms with E-state index in [0.717, 1.165) is 63.4 Å². The molecule has 2 fully saturated rings. The van der Waals surface area contributed by atoms with Gasteiger partial charge in [-0.05, 0) is 53.0 Å². The monoisotopic (exact) mass is 482 g/mol. The van der Waals surface area contributed by atoms with Gasteiger partial charge < -0.3 is 15.5 Å². The van der Waals surface area contributed by atoms with Crippen molar-refractivity contribution in [1.82, 2.24) is 30.1 Å². The van der Waals surface area contributed by atoms with Crippen molar-refractivity contribution in [3.05, 3.63) is 28.7 Å². The fourth-order valence-electron chi connectivity index (χ4n) is 4.71. The number of nitrogens with zero attached hydrogens (tertiary/aromatic N) is 6. The summed E-state index contributed by atoms with van der Waals surface area (Å²) in [6.07, 6.45) is 3.99. The van der Waals surface area contributed by atoms with Gasteiger partial charge in [-0.15, -0.1) is 11.3 Å². The minimum atomic E-state index is -0.119. The number of hydrogen-bond acceptors (Lipinski definition) is 9. The third-order valence-electron chi connectivity index (χ3n) is 6.60. The minimum absolute atomic E-state index is 0.119. The highest BCUT2D eigenvalue weighted by Gasteiger charge is 2.25. The van der Waals surface area contributed by atoms with E-state index in [0.29, 0.717) is 29.2 Å². The number of carbonyl (C=O) groups is 1. The largest absolute Gasteiger partial charge is 0.348 e. The van der Waals surface area contributed by atoms with Crippen LogP contribution in [0, 0.1) is 18.3 Å². The van der Waals surface area contributed by atoms with Gasteiger partial charge in [-0.25, -0.2) is 15.0 Å². The van der Waals surface area contributed by atoms with Crippen LogP contribution in [0.5, 0.6) is 0 Å². The molecule has 2 saturated heterocycles. The molecule has 1 unspecified atom stereocenters. The van der Waals surface area contributed by atoms with Crippen molar-refractivity contribution >= 4 is 28.2 Å². The number of anilines is 2. The summed E-state index contributed by atoms with van der Waals surface area (Å²) >= 11 is 1.40. The van der Waals surface area contributed by atoms with Gasteiger partial charge in [-0.3, -0.25) is 9.69 Å². The predicted octanol–water partition coefficient (Wildman–Crippen LogP) is 3.29. The van der Waals surface area contributed by atoms with Gasteiger partial charge in [0.2, 0.25) is 0 Å². The van der Waals surface area contributed by atoms with E-state index in [2.05, 4.69) is 50.3 Å². The number of nitrogens with one attached hydrogen (secondary N) is 2. The molecule has 0 radical (unpaired) electrons. The number of thiazole rings is 1. The Kier molecular flexibility index (Phi) is 8.08. The zero-order chi connectivity index (χ0) is 24.1. The molecule has 4 rings (SSSR count). The van der Waals surface area contributed by atoms with E-state index in [1.54, 1.807) is 5.38 Å². The van der Waals surface area contributed by atoms with Crippen LogP contribution < -0.4 is 10.6 Å². The second-order valence-electron chi connectivity index (χ2n) is 9.53. The molecule has 34 heavy (non-hydrogen) atoms. The summed E-state index contributed by atoms with van der Waals surface area (Å²) in [5.41, 5.74) is 1.32. The number of piperidine rings is 2. The minimum Gasteiger partial charge on any atom is -0.348 e. The Morgan fingerprint density at radius 2 is 2.03 bits per heavy atom. The predicted molar refractivity (Wildman–Crippen MR) is 133 cm³/mol. The molecule has 0 saturated carbocycles. The molecule has 2 aliphatic heterocycles. The van der Waals surface area contributed by atoms with Crippen LogP contribution in [0.3, 0.4) is 0 Å². The highest BCUT2D eigenvalue weighted by molar-refractivity contribution is 7.14. The van der Waals surface area contributed by atoms with Crippen molar-refractivity contribution in [2.45, 2.75) is 64.5 Å². The summed E-state index contributed by atoms with van der Waals surface area (Å²) < 4.78 is 0. The lowest BCUT2D eigenvalue weighted by molar-refractivity contribution is 0.0896. The van der Waals surface area contributed by atoms with Crippen LogP contribution >= 0.6 is 11.3 Å². The molecular formula is C24H34N8OS. The fraction of sp³-hybridized carbons (Fsp3) is 0.625. The average Bonchev–Trinajstić information content (AvgIpc) is 3.28. The molecular weight excluding hydrogens is 448 g/mol. The standard InChI is InChI=1S/C24H34N8OS/c1-16(2)32-10-6-19(7-11-32)27-23(33)20-15-34-24(28-20)30-21-13-17(3)26-22(29-21)18-5-4-9-31(14-18)12-8-25/h13,15-16,18-19H,4-7,9-12,14H2,1-3H3,(H,27,33)(H,26,28,29,30). The van der Waals surface area contributed by atoms with E-state index in [1.165, 1.54) is 11.3 Å². The lowest BCUT2D eigenvalue weighted by atomic mass is 9.97. The van der Waals surface area contributed by atoms with Crippen LogP contribution in [-0.2, 0) is 0 Å². The summed E-state index contributed by atoms with van der Waals surface area (Å²) in [6, 6.07) is 4.87. The van der Waals surface area contributed by atoms with Gasteiger partial charge in [-0.2, -0.15) is 5.26 Å². The number of aryl methyl sites for hydroxylation is 1. The maximum atomic E-state index is 12.7. The highest BCUT2D eigenvalue weighted by Crippen LogP contribution is 2.27. The Morgan fingerprint density at radius 1 is 1.24 bits per heavy atom. The molecule has 0 bridgehead atoms. The number of rotatable bonds is 7. The molecule has 0 spiro atoms. The van der Waals surface area contributed by atoms with Gasteiger partial charge in [0.15, 0.2) is 5.13 Å². The Balaban J connectivity index is 1.36. The lowest BCUT2D eigenvalue weighted by Gasteiger charge is -2.34. The highest BCUT2D eigenvalue weighted by atomic mass is 32.1. The Labute approximate surface area is 205 Å². The van der Waals surface area contributed by atoms with Gasteiger partial charge in [0.25, 0.3) is 5.91 Å². The van der Waals surface area contributed by atoms with E-state index in [9.17, 15) is 4.79 Å². The molecule has 0 aromatic carbocycles. The zero-order valence-corrected chi connectivity index (χ0v) is 21.1. The molecule has 9 nitrogen and oxygen atoms in total. The van der Waals surface area contributed by atoms with Gasteiger partial charge in [0.05, 0.1) is 12.6 Å². The van der Waals surface area contributed by atoms with E-state index in [-0.39, 0.29) is 17.9 Å². The summed E-state index contributed by atoms with van der Waals surface area (Å²) in [4.78, 5) is 31.2. The van der Waals surface area contributed by atoms with E-state index >= 15 is 0 Å². The number of nitriles is 1. The first kappa shape index (κ1) is 24.5. The topological polar surface area (TPSA) is 110 Å². The second-order valence-corrected chi connectivity index (χ2v) is 10.4. The molecule has 2 aliphatic rings. The molecule has 1 amide bonds. The maximum Gasteiger partial charge on any atom is 0.271 e.